The Hall–Kier alpha value is -4.55. The molecule has 5 rings (SSSR count). The average molecular weight is 514 g/mol. The zero-order valence-corrected chi connectivity index (χ0v) is 20.4. The average Bonchev–Trinajstić information content (AvgIpc) is 2.91. The molecule has 192 valence electrons. The van der Waals surface area contributed by atoms with Crippen LogP contribution < -0.4 is 16.0 Å². The minimum atomic E-state index is -1.15. The van der Waals surface area contributed by atoms with Gasteiger partial charge in [-0.1, -0.05) is 12.1 Å². The van der Waals surface area contributed by atoms with Crippen molar-refractivity contribution in [3.05, 3.63) is 83.6 Å². The molecule has 1 saturated heterocycles. The van der Waals surface area contributed by atoms with E-state index in [0.717, 1.165) is 35.5 Å². The van der Waals surface area contributed by atoms with Gasteiger partial charge < -0.3 is 21.1 Å². The highest BCUT2D eigenvalue weighted by Crippen LogP contribution is 2.40. The van der Waals surface area contributed by atoms with Crippen LogP contribution in [-0.2, 0) is 6.54 Å². The second kappa shape index (κ2) is 10.4. The maximum Gasteiger partial charge on any atom is 0.404 e. The van der Waals surface area contributed by atoms with Crippen molar-refractivity contribution >= 4 is 22.7 Å². The Labute approximate surface area is 218 Å². The standard InChI is InChI=1S/C29H25F2N5O2/c30-21-10-20(11-22(31)13-21)26-16-34-27-4-3-18(12-25(27)28(26)36-7-5-23(33)6-8-36)24-9-17(14-32)1-2-19(24)15-35-29(37)38/h1-4,9-13,16,23,35H,5-8,15,33H2,(H,37,38). The lowest BCUT2D eigenvalue weighted by molar-refractivity contribution is 0.194. The third kappa shape index (κ3) is 5.12. The second-order valence-corrected chi connectivity index (χ2v) is 9.38. The monoisotopic (exact) mass is 513 g/mol. The van der Waals surface area contributed by atoms with Gasteiger partial charge in [0.15, 0.2) is 0 Å². The molecule has 1 aliphatic rings. The number of benzene rings is 3. The van der Waals surface area contributed by atoms with Crippen LogP contribution in [0, 0.1) is 23.0 Å². The largest absolute Gasteiger partial charge is 0.465 e. The molecular formula is C29H25F2N5O2. The van der Waals surface area contributed by atoms with E-state index in [1.807, 2.05) is 18.2 Å². The molecule has 4 aromatic rings. The van der Waals surface area contributed by atoms with Crippen molar-refractivity contribution in [2.45, 2.75) is 25.4 Å². The zero-order valence-electron chi connectivity index (χ0n) is 20.4. The van der Waals surface area contributed by atoms with Gasteiger partial charge in [0.05, 0.1) is 22.8 Å². The number of piperidine rings is 1. The first-order chi connectivity index (χ1) is 18.3. The fourth-order valence-electron chi connectivity index (χ4n) is 4.97. The van der Waals surface area contributed by atoms with E-state index in [1.54, 1.807) is 24.4 Å². The van der Waals surface area contributed by atoms with E-state index in [0.29, 0.717) is 46.4 Å². The number of rotatable bonds is 5. The fourth-order valence-corrected chi connectivity index (χ4v) is 4.97. The summed E-state index contributed by atoms with van der Waals surface area (Å²) in [5.74, 6) is -1.35. The van der Waals surface area contributed by atoms with Crippen molar-refractivity contribution in [2.24, 2.45) is 5.73 Å². The minimum absolute atomic E-state index is 0.0616. The van der Waals surface area contributed by atoms with Crippen LogP contribution in [0.5, 0.6) is 0 Å². The first kappa shape index (κ1) is 25.1. The number of nitriles is 1. The normalized spacial score (nSPS) is 13.9. The Morgan fingerprint density at radius 1 is 1.05 bits per heavy atom. The van der Waals surface area contributed by atoms with Gasteiger partial charge >= 0.3 is 6.09 Å². The molecule has 1 aliphatic heterocycles. The molecule has 3 aromatic carbocycles. The van der Waals surface area contributed by atoms with Gasteiger partial charge in [0.1, 0.15) is 11.6 Å². The number of carboxylic acid groups (broad SMARTS) is 1. The smallest absolute Gasteiger partial charge is 0.404 e. The topological polar surface area (TPSA) is 115 Å². The summed E-state index contributed by atoms with van der Waals surface area (Å²) < 4.78 is 28.4. The maximum absolute atomic E-state index is 14.2. The summed E-state index contributed by atoms with van der Waals surface area (Å²) >= 11 is 0. The third-order valence-corrected chi connectivity index (χ3v) is 6.85. The van der Waals surface area contributed by atoms with E-state index in [9.17, 15) is 18.8 Å². The predicted molar refractivity (Wildman–Crippen MR) is 142 cm³/mol. The molecule has 0 saturated carbocycles. The Kier molecular flexibility index (Phi) is 6.90. The number of aromatic nitrogens is 1. The Morgan fingerprint density at radius 2 is 1.79 bits per heavy atom. The molecule has 0 atom stereocenters. The SMILES string of the molecule is N#Cc1ccc(CNC(=O)O)c(-c2ccc3ncc(-c4cc(F)cc(F)c4)c(N4CCC(N)CC4)c3c2)c1. The molecule has 0 radical (unpaired) electrons. The van der Waals surface area contributed by atoms with E-state index < -0.39 is 17.7 Å². The lowest BCUT2D eigenvalue weighted by Gasteiger charge is -2.34. The summed E-state index contributed by atoms with van der Waals surface area (Å²) in [6.07, 6.45) is 2.03. The summed E-state index contributed by atoms with van der Waals surface area (Å²) in [7, 11) is 0. The van der Waals surface area contributed by atoms with Gasteiger partial charge in [-0.05, 0) is 71.5 Å². The quantitative estimate of drug-likeness (QED) is 0.329. The maximum atomic E-state index is 14.2. The predicted octanol–water partition coefficient (Wildman–Crippen LogP) is 5.41. The molecule has 4 N–H and O–H groups in total. The molecular weight excluding hydrogens is 488 g/mol. The number of nitrogens with two attached hydrogens (primary N) is 1. The molecule has 0 spiro atoms. The number of halogens is 2. The molecule has 0 unspecified atom stereocenters. The van der Waals surface area contributed by atoms with Gasteiger partial charge in [-0.3, -0.25) is 4.98 Å². The van der Waals surface area contributed by atoms with Crippen LogP contribution >= 0.6 is 0 Å². The summed E-state index contributed by atoms with van der Waals surface area (Å²) in [4.78, 5) is 17.9. The summed E-state index contributed by atoms with van der Waals surface area (Å²) in [6.45, 7) is 1.41. The van der Waals surface area contributed by atoms with E-state index in [2.05, 4.69) is 21.3 Å². The summed E-state index contributed by atoms with van der Waals surface area (Å²) in [5, 5.41) is 21.8. The molecule has 38 heavy (non-hydrogen) atoms. The highest BCUT2D eigenvalue weighted by atomic mass is 19.1. The molecule has 1 amide bonds. The van der Waals surface area contributed by atoms with Crippen LogP contribution in [0.15, 0.2) is 60.8 Å². The van der Waals surface area contributed by atoms with E-state index in [1.165, 1.54) is 12.1 Å². The number of nitrogens with one attached hydrogen (secondary N) is 1. The highest BCUT2D eigenvalue weighted by molar-refractivity contribution is 6.02. The van der Waals surface area contributed by atoms with Gasteiger partial charge in [-0.15, -0.1) is 0 Å². The van der Waals surface area contributed by atoms with Crippen LogP contribution in [0.1, 0.15) is 24.0 Å². The summed E-state index contributed by atoms with van der Waals surface area (Å²) in [5.41, 5.74) is 11.2. The number of nitrogens with zero attached hydrogens (tertiary/aromatic N) is 3. The van der Waals surface area contributed by atoms with Gasteiger partial charge in [-0.2, -0.15) is 5.26 Å². The van der Waals surface area contributed by atoms with Gasteiger partial charge in [-0.25, -0.2) is 13.6 Å². The lowest BCUT2D eigenvalue weighted by Crippen LogP contribution is -2.40. The first-order valence-electron chi connectivity index (χ1n) is 12.2. The van der Waals surface area contributed by atoms with E-state index in [-0.39, 0.29) is 12.6 Å². The van der Waals surface area contributed by atoms with Crippen LogP contribution in [-0.4, -0.2) is 35.3 Å². The minimum Gasteiger partial charge on any atom is -0.465 e. The lowest BCUT2D eigenvalue weighted by atomic mass is 9.93. The van der Waals surface area contributed by atoms with Crippen LogP contribution in [0.2, 0.25) is 0 Å². The number of hydrogen-bond donors (Lipinski definition) is 3. The van der Waals surface area contributed by atoms with Crippen molar-refractivity contribution in [3.63, 3.8) is 0 Å². The van der Waals surface area contributed by atoms with Gasteiger partial charge in [0, 0.05) is 48.9 Å². The van der Waals surface area contributed by atoms with Crippen molar-refractivity contribution in [3.8, 4) is 28.3 Å². The van der Waals surface area contributed by atoms with Crippen molar-refractivity contribution in [2.75, 3.05) is 18.0 Å². The van der Waals surface area contributed by atoms with Gasteiger partial charge in [0.2, 0.25) is 0 Å². The van der Waals surface area contributed by atoms with Gasteiger partial charge in [0.25, 0.3) is 0 Å². The third-order valence-electron chi connectivity index (χ3n) is 6.85. The van der Waals surface area contributed by atoms with Crippen molar-refractivity contribution in [1.82, 2.24) is 10.3 Å². The zero-order chi connectivity index (χ0) is 26.8. The molecule has 9 heteroatoms. The fraction of sp³-hybridized carbons (Fsp3) is 0.207. The van der Waals surface area contributed by atoms with Crippen LogP contribution in [0.4, 0.5) is 19.3 Å². The molecule has 7 nitrogen and oxygen atoms in total. The second-order valence-electron chi connectivity index (χ2n) is 9.38. The summed E-state index contributed by atoms with van der Waals surface area (Å²) in [6, 6.07) is 16.4. The van der Waals surface area contributed by atoms with Crippen LogP contribution in [0.3, 0.4) is 0 Å². The van der Waals surface area contributed by atoms with Crippen molar-refractivity contribution < 1.29 is 18.7 Å². The number of hydrogen-bond acceptors (Lipinski definition) is 5. The molecule has 0 bridgehead atoms. The molecule has 2 heterocycles. The number of amides is 1. The highest BCUT2D eigenvalue weighted by Gasteiger charge is 2.23. The van der Waals surface area contributed by atoms with E-state index in [4.69, 9.17) is 10.8 Å². The Morgan fingerprint density at radius 3 is 2.47 bits per heavy atom. The van der Waals surface area contributed by atoms with Crippen LogP contribution in [0.25, 0.3) is 33.2 Å². The molecule has 0 aliphatic carbocycles. The number of fused-ring (bicyclic) bond motifs is 1. The molecule has 1 fully saturated rings. The van der Waals surface area contributed by atoms with Crippen molar-refractivity contribution in [1.29, 1.82) is 5.26 Å². The molecule has 1 aromatic heterocycles. The Bertz CT molecular complexity index is 1560. The van der Waals surface area contributed by atoms with E-state index >= 15 is 0 Å². The number of pyridine rings is 1. The number of anilines is 1. The Balaban J connectivity index is 1.73. The number of carbonyl (C=O) groups is 1. The first-order valence-corrected chi connectivity index (χ1v) is 12.2.